The molecule has 0 unspecified atom stereocenters. The van der Waals surface area contributed by atoms with Crippen LogP contribution >= 0.6 is 0 Å². The van der Waals surface area contributed by atoms with E-state index in [9.17, 15) is 30.6 Å². The summed E-state index contributed by atoms with van der Waals surface area (Å²) in [7, 11) is 0. The van der Waals surface area contributed by atoms with Gasteiger partial charge in [-0.25, -0.2) is 15.0 Å². The van der Waals surface area contributed by atoms with Crippen LogP contribution in [-0.2, 0) is 0 Å². The largest absolute Gasteiger partial charge is 0.873 e. The van der Waals surface area contributed by atoms with Crippen molar-refractivity contribution in [1.82, 2.24) is 4.90 Å². The molecule has 0 spiro atoms. The predicted molar refractivity (Wildman–Crippen MR) is 96.4 cm³/mol. The zero-order chi connectivity index (χ0) is 21.6. The first-order valence-corrected chi connectivity index (χ1v) is 8.95. The molecule has 0 atom stereocenters. The Hall–Kier alpha value is -4.73. The number of benzene rings is 3. The van der Waals surface area contributed by atoms with Crippen LogP contribution in [0.25, 0.3) is 0 Å². The van der Waals surface area contributed by atoms with Gasteiger partial charge in [0.2, 0.25) is 0 Å². The van der Waals surface area contributed by atoms with Crippen molar-refractivity contribution in [2.45, 2.75) is 0 Å². The van der Waals surface area contributed by atoms with E-state index in [2.05, 4.69) is 15.0 Å². The Morgan fingerprint density at radius 1 is 0.419 bits per heavy atom. The van der Waals surface area contributed by atoms with Gasteiger partial charge < -0.3 is 30.6 Å². The molecule has 0 N–H and O–H groups in total. The summed E-state index contributed by atoms with van der Waals surface area (Å²) in [5, 5.41) is 71.8. The molecular weight excluding hydrogens is 404 g/mol. The minimum atomic E-state index is -0.768. The normalized spacial score (nSPS) is 15.1. The van der Waals surface area contributed by atoms with E-state index in [-0.39, 0.29) is 51.3 Å². The van der Waals surface area contributed by atoms with Gasteiger partial charge in [-0.1, -0.05) is 18.2 Å². The highest BCUT2D eigenvalue weighted by molar-refractivity contribution is 6.36. The molecule has 0 fully saturated rings. The molecule has 0 amide bonds. The van der Waals surface area contributed by atoms with Crippen molar-refractivity contribution in [3.8, 4) is 34.5 Å². The summed E-state index contributed by atoms with van der Waals surface area (Å²) >= 11 is 0. The van der Waals surface area contributed by atoms with E-state index in [1.165, 1.54) is 4.90 Å². The van der Waals surface area contributed by atoms with Crippen LogP contribution in [-0.4, -0.2) is 22.4 Å². The molecule has 10 nitrogen and oxygen atoms in total. The van der Waals surface area contributed by atoms with Gasteiger partial charge in [0.1, 0.15) is 17.5 Å². The van der Waals surface area contributed by atoms with Gasteiger partial charge >= 0.3 is 0 Å². The van der Waals surface area contributed by atoms with Crippen LogP contribution in [0.4, 0.5) is 17.1 Å². The topological polar surface area (TPSA) is 179 Å². The summed E-state index contributed by atoms with van der Waals surface area (Å²) in [6.45, 7) is 0. The molecule has 3 aliphatic heterocycles. The second-order valence-electron chi connectivity index (χ2n) is 7.09. The van der Waals surface area contributed by atoms with E-state index >= 15 is 0 Å². The number of nitrogens with zero attached hydrogens (tertiary/aromatic N) is 4. The van der Waals surface area contributed by atoms with Gasteiger partial charge in [0, 0.05) is 16.7 Å². The minimum Gasteiger partial charge on any atom is -0.873 e. The Morgan fingerprint density at radius 2 is 0.677 bits per heavy atom. The maximum atomic E-state index is 12.0. The van der Waals surface area contributed by atoms with Crippen molar-refractivity contribution in [1.29, 1.82) is 0 Å². The van der Waals surface area contributed by atoms with Crippen LogP contribution in [0.1, 0.15) is 16.7 Å². The molecule has 152 valence electrons. The van der Waals surface area contributed by atoms with Crippen LogP contribution in [0, 0.1) is 0 Å². The zero-order valence-corrected chi connectivity index (χ0v) is 15.2. The molecule has 31 heavy (non-hydrogen) atoms. The predicted octanol–water partition coefficient (Wildman–Crippen LogP) is -0.994. The molecule has 10 heteroatoms. The van der Waals surface area contributed by atoms with Gasteiger partial charge in [-0.2, -0.15) is 0 Å². The molecule has 0 saturated carbocycles. The smallest absolute Gasteiger partial charge is 0.150 e. The van der Waals surface area contributed by atoms with Crippen molar-refractivity contribution in [2.24, 2.45) is 15.0 Å². The van der Waals surface area contributed by atoms with E-state index < -0.39 is 34.5 Å². The van der Waals surface area contributed by atoms with E-state index in [1.807, 2.05) is 0 Å². The molecule has 3 aliphatic rings. The molecule has 0 bridgehead atoms. The molecule has 0 saturated heterocycles. The molecular formula is C21H6N4O6-6. The Labute approximate surface area is 173 Å². The van der Waals surface area contributed by atoms with Crippen molar-refractivity contribution in [2.75, 3.05) is 0 Å². The minimum absolute atomic E-state index is 0.145. The third kappa shape index (κ3) is 2.18. The van der Waals surface area contributed by atoms with E-state index in [1.54, 1.807) is 0 Å². The summed E-state index contributed by atoms with van der Waals surface area (Å²) in [5.74, 6) is -4.12. The lowest BCUT2D eigenvalue weighted by molar-refractivity contribution is -0.317. The fourth-order valence-electron chi connectivity index (χ4n) is 3.80. The second-order valence-corrected chi connectivity index (χ2v) is 7.09. The summed E-state index contributed by atoms with van der Waals surface area (Å²) in [4.78, 5) is 14.7. The van der Waals surface area contributed by atoms with Crippen LogP contribution < -0.4 is 30.6 Å². The van der Waals surface area contributed by atoms with Gasteiger partial charge in [-0.05, 0) is 18.2 Å². The lowest BCUT2D eigenvalue weighted by Gasteiger charge is -2.40. The molecule has 3 aromatic carbocycles. The van der Waals surface area contributed by atoms with Crippen LogP contribution in [0.5, 0.6) is 34.5 Å². The van der Waals surface area contributed by atoms with Gasteiger partial charge in [-0.3, -0.25) is 4.90 Å². The first-order chi connectivity index (χ1) is 14.8. The van der Waals surface area contributed by atoms with Crippen molar-refractivity contribution >= 4 is 34.6 Å². The average molecular weight is 410 g/mol. The Morgan fingerprint density at radius 3 is 0.968 bits per heavy atom. The van der Waals surface area contributed by atoms with Crippen LogP contribution in [0.15, 0.2) is 51.4 Å². The number of hydrogen-bond donors (Lipinski definition) is 0. The van der Waals surface area contributed by atoms with E-state index in [4.69, 9.17) is 0 Å². The second kappa shape index (κ2) is 5.45. The molecule has 0 radical (unpaired) electrons. The number of aliphatic imine (C=N–C) groups is 3. The Balaban J connectivity index is 1.76. The van der Waals surface area contributed by atoms with Crippen LogP contribution in [0.2, 0.25) is 0 Å². The highest BCUT2D eigenvalue weighted by atomic mass is 16.3. The highest BCUT2D eigenvalue weighted by Crippen LogP contribution is 2.45. The quantitative estimate of drug-likeness (QED) is 0.456. The zero-order valence-electron chi connectivity index (χ0n) is 15.2. The van der Waals surface area contributed by atoms with E-state index in [0.717, 1.165) is 36.4 Å². The first kappa shape index (κ1) is 17.2. The summed E-state index contributed by atoms with van der Waals surface area (Å²) in [6, 6.07) is 6.46. The lowest BCUT2D eigenvalue weighted by Crippen LogP contribution is -2.48. The first-order valence-electron chi connectivity index (χ1n) is 8.95. The van der Waals surface area contributed by atoms with Gasteiger partial charge in [-0.15, -0.1) is 34.5 Å². The average Bonchev–Trinajstić information content (AvgIpc) is 2.72. The number of amidine groups is 3. The van der Waals surface area contributed by atoms with Crippen molar-refractivity contribution in [3.05, 3.63) is 53.1 Å². The Kier molecular flexibility index (Phi) is 3.02. The lowest BCUT2D eigenvalue weighted by atomic mass is 9.97. The summed E-state index contributed by atoms with van der Waals surface area (Å²) in [6.07, 6.45) is 0. The van der Waals surface area contributed by atoms with Gasteiger partial charge in [0.15, 0.2) is 0 Å². The fourth-order valence-corrected chi connectivity index (χ4v) is 3.80. The standard InChI is InChI=1S/C21H12N4O6/c26-13-1-7-10(4-16(13)29)22-20-9-3-15(28)18(31)6-12(9)24-21-8-2-14(27)17(30)5-11(8)23-19(7)25(20)21/h1-6,26-31H/p-6. The number of fused-ring (bicyclic) bond motifs is 6. The van der Waals surface area contributed by atoms with Gasteiger partial charge in [0.25, 0.3) is 0 Å². The molecule has 0 aromatic heterocycles. The monoisotopic (exact) mass is 410 g/mol. The maximum absolute atomic E-state index is 12.0. The highest BCUT2D eigenvalue weighted by Gasteiger charge is 2.38. The molecule has 0 aliphatic carbocycles. The maximum Gasteiger partial charge on any atom is 0.150 e. The van der Waals surface area contributed by atoms with Crippen molar-refractivity contribution < 1.29 is 30.6 Å². The van der Waals surface area contributed by atoms with E-state index in [0.29, 0.717) is 0 Å². The Bertz CT molecular complexity index is 1280. The third-order valence-electron chi connectivity index (χ3n) is 5.22. The summed E-state index contributed by atoms with van der Waals surface area (Å²) < 4.78 is 0. The number of hydrogen-bond acceptors (Lipinski definition) is 10. The SMILES string of the molecule is [O-]c1cc2c(cc1[O-])C1=Nc3cc([O-])c([O-])cc3C3=Nc4cc([O-])c([O-])cc4C(=N2)N13. The number of rotatable bonds is 0. The van der Waals surface area contributed by atoms with Gasteiger partial charge in [0.05, 0.1) is 17.1 Å². The fraction of sp³-hybridized carbons (Fsp3) is 0. The third-order valence-corrected chi connectivity index (χ3v) is 5.22. The molecule has 3 aromatic rings. The van der Waals surface area contributed by atoms with Crippen LogP contribution in [0.3, 0.4) is 0 Å². The molecule has 6 rings (SSSR count). The van der Waals surface area contributed by atoms with Crippen molar-refractivity contribution in [3.63, 3.8) is 0 Å². The molecule has 3 heterocycles. The summed E-state index contributed by atoms with van der Waals surface area (Å²) in [5.41, 5.74) is 1.13.